The Morgan fingerprint density at radius 3 is 2.75 bits per heavy atom. The maximum atomic E-state index is 4.29. The zero-order chi connectivity index (χ0) is 8.97. The monoisotopic (exact) mass is 162 g/mol. The molecule has 2 nitrogen and oxygen atoms in total. The van der Waals surface area contributed by atoms with Gasteiger partial charge in [0.15, 0.2) is 0 Å². The summed E-state index contributed by atoms with van der Waals surface area (Å²) in [5.41, 5.74) is 2.12. The maximum absolute atomic E-state index is 4.29. The van der Waals surface area contributed by atoms with Crippen molar-refractivity contribution in [3.8, 4) is 0 Å². The van der Waals surface area contributed by atoms with Crippen LogP contribution in [0.4, 0.5) is 0 Å². The van der Waals surface area contributed by atoms with Crippen LogP contribution in [-0.4, -0.2) is 12.0 Å². The predicted molar refractivity (Wildman–Crippen MR) is 51.8 cm³/mol. The summed E-state index contributed by atoms with van der Waals surface area (Å²) in [4.78, 5) is 4.29. The minimum atomic E-state index is 0.309. The number of nitrogens with one attached hydrogen (secondary N) is 1. The van der Waals surface area contributed by atoms with Gasteiger partial charge in [0.25, 0.3) is 0 Å². The zero-order valence-electron chi connectivity index (χ0n) is 7.54. The molecule has 0 spiro atoms. The van der Waals surface area contributed by atoms with E-state index < -0.39 is 0 Å². The summed E-state index contributed by atoms with van der Waals surface area (Å²) >= 11 is 0. The van der Waals surface area contributed by atoms with E-state index in [0.29, 0.717) is 6.04 Å². The van der Waals surface area contributed by atoms with Crippen LogP contribution in [0, 0.1) is 0 Å². The third-order valence-electron chi connectivity index (χ3n) is 1.92. The van der Waals surface area contributed by atoms with Gasteiger partial charge < -0.3 is 5.32 Å². The van der Waals surface area contributed by atoms with E-state index in [1.165, 1.54) is 0 Å². The fraction of sp³-hybridized carbons (Fsp3) is 0.300. The van der Waals surface area contributed by atoms with Crippen LogP contribution in [0.2, 0.25) is 0 Å². The summed E-state index contributed by atoms with van der Waals surface area (Å²) in [6.07, 6.45) is 3.62. The molecule has 0 unspecified atom stereocenters. The Balaban J connectivity index is 2.84. The Bertz CT molecular complexity index is 251. The molecular weight excluding hydrogens is 148 g/mol. The Morgan fingerprint density at radius 1 is 1.58 bits per heavy atom. The molecule has 0 saturated carbocycles. The van der Waals surface area contributed by atoms with Gasteiger partial charge in [0.1, 0.15) is 0 Å². The molecule has 0 radical (unpaired) electrons. The maximum Gasteiger partial charge on any atom is 0.0570 e. The molecule has 0 aliphatic rings. The lowest BCUT2D eigenvalue weighted by atomic mass is 10.2. The average molecular weight is 162 g/mol. The van der Waals surface area contributed by atoms with E-state index in [4.69, 9.17) is 0 Å². The highest BCUT2D eigenvalue weighted by molar-refractivity contribution is 5.45. The summed E-state index contributed by atoms with van der Waals surface area (Å²) in [6.45, 7) is 5.75. The van der Waals surface area contributed by atoms with Crippen molar-refractivity contribution in [1.29, 1.82) is 0 Å². The molecular formula is C10H14N2. The van der Waals surface area contributed by atoms with Gasteiger partial charge in [0.2, 0.25) is 0 Å². The van der Waals surface area contributed by atoms with Crippen molar-refractivity contribution in [2.75, 3.05) is 7.05 Å². The van der Waals surface area contributed by atoms with Crippen molar-refractivity contribution in [2.24, 2.45) is 0 Å². The lowest BCUT2D eigenvalue weighted by Gasteiger charge is -2.08. The standard InChI is InChI=1S/C10H14N2/c1-4-9-5-6-10(12-7-9)8(2)11-3/h4-8,11H,1H2,2-3H3/t8-/m1/s1. The van der Waals surface area contributed by atoms with Crippen LogP contribution in [0.5, 0.6) is 0 Å². The average Bonchev–Trinajstić information content (AvgIpc) is 2.17. The molecule has 64 valence electrons. The SMILES string of the molecule is C=Cc1ccc([C@@H](C)NC)nc1. The van der Waals surface area contributed by atoms with Gasteiger partial charge >= 0.3 is 0 Å². The molecule has 0 aromatic carbocycles. The van der Waals surface area contributed by atoms with Crippen molar-refractivity contribution in [2.45, 2.75) is 13.0 Å². The van der Waals surface area contributed by atoms with Crippen LogP contribution in [-0.2, 0) is 0 Å². The molecule has 1 aromatic rings. The van der Waals surface area contributed by atoms with Crippen LogP contribution in [0.1, 0.15) is 24.2 Å². The minimum absolute atomic E-state index is 0.309. The highest BCUT2D eigenvalue weighted by atomic mass is 14.9. The number of pyridine rings is 1. The first-order valence-corrected chi connectivity index (χ1v) is 4.03. The van der Waals surface area contributed by atoms with Gasteiger partial charge in [-0.05, 0) is 25.6 Å². The molecule has 0 amide bonds. The van der Waals surface area contributed by atoms with Gasteiger partial charge in [0.05, 0.1) is 5.69 Å². The second-order valence-corrected chi connectivity index (χ2v) is 2.73. The minimum Gasteiger partial charge on any atom is -0.312 e. The van der Waals surface area contributed by atoms with Crippen LogP contribution in [0.25, 0.3) is 6.08 Å². The second kappa shape index (κ2) is 4.02. The number of hydrogen-bond donors (Lipinski definition) is 1. The molecule has 0 aliphatic heterocycles. The van der Waals surface area contributed by atoms with E-state index in [1.807, 2.05) is 25.4 Å². The summed E-state index contributed by atoms with van der Waals surface area (Å²) in [5.74, 6) is 0. The van der Waals surface area contributed by atoms with E-state index in [1.54, 1.807) is 6.08 Å². The molecule has 1 aromatic heterocycles. The fourth-order valence-corrected chi connectivity index (χ4v) is 0.942. The van der Waals surface area contributed by atoms with Gasteiger partial charge in [-0.15, -0.1) is 0 Å². The van der Waals surface area contributed by atoms with Crippen molar-refractivity contribution in [1.82, 2.24) is 10.3 Å². The zero-order valence-corrected chi connectivity index (χ0v) is 7.54. The highest BCUT2D eigenvalue weighted by Crippen LogP contribution is 2.09. The number of aromatic nitrogens is 1. The van der Waals surface area contributed by atoms with Crippen molar-refractivity contribution >= 4 is 6.08 Å². The third-order valence-corrected chi connectivity index (χ3v) is 1.92. The molecule has 1 atom stereocenters. The molecule has 2 heteroatoms. The Hall–Kier alpha value is -1.15. The Labute approximate surface area is 73.3 Å². The molecule has 0 bridgehead atoms. The van der Waals surface area contributed by atoms with Gasteiger partial charge in [-0.1, -0.05) is 18.7 Å². The van der Waals surface area contributed by atoms with E-state index in [2.05, 4.69) is 23.8 Å². The van der Waals surface area contributed by atoms with Crippen molar-refractivity contribution in [3.63, 3.8) is 0 Å². The van der Waals surface area contributed by atoms with Gasteiger partial charge in [-0.2, -0.15) is 0 Å². The van der Waals surface area contributed by atoms with Gasteiger partial charge in [-0.25, -0.2) is 0 Å². The molecule has 0 saturated heterocycles. The molecule has 12 heavy (non-hydrogen) atoms. The third kappa shape index (κ3) is 1.92. The lowest BCUT2D eigenvalue weighted by molar-refractivity contribution is 0.633. The van der Waals surface area contributed by atoms with Crippen LogP contribution in [0.3, 0.4) is 0 Å². The first kappa shape index (κ1) is 8.94. The van der Waals surface area contributed by atoms with Gasteiger partial charge in [-0.3, -0.25) is 4.98 Å². The molecule has 1 rings (SSSR count). The van der Waals surface area contributed by atoms with Crippen LogP contribution >= 0.6 is 0 Å². The second-order valence-electron chi connectivity index (χ2n) is 2.73. The Morgan fingerprint density at radius 2 is 2.33 bits per heavy atom. The van der Waals surface area contributed by atoms with Gasteiger partial charge in [0, 0.05) is 12.2 Å². The lowest BCUT2D eigenvalue weighted by Crippen LogP contribution is -2.13. The molecule has 1 N–H and O–H groups in total. The fourth-order valence-electron chi connectivity index (χ4n) is 0.942. The topological polar surface area (TPSA) is 24.9 Å². The van der Waals surface area contributed by atoms with E-state index in [9.17, 15) is 0 Å². The normalized spacial score (nSPS) is 12.5. The predicted octanol–water partition coefficient (Wildman–Crippen LogP) is 2.00. The largest absolute Gasteiger partial charge is 0.312 e. The molecule has 0 fully saturated rings. The summed E-state index contributed by atoms with van der Waals surface area (Å²) in [7, 11) is 1.92. The van der Waals surface area contributed by atoms with Crippen LogP contribution < -0.4 is 5.32 Å². The summed E-state index contributed by atoms with van der Waals surface area (Å²) in [5, 5.41) is 3.13. The van der Waals surface area contributed by atoms with E-state index >= 15 is 0 Å². The van der Waals surface area contributed by atoms with Crippen molar-refractivity contribution in [3.05, 3.63) is 36.2 Å². The van der Waals surface area contributed by atoms with Crippen LogP contribution in [0.15, 0.2) is 24.9 Å². The summed E-state index contributed by atoms with van der Waals surface area (Å²) < 4.78 is 0. The number of hydrogen-bond acceptors (Lipinski definition) is 2. The number of rotatable bonds is 3. The highest BCUT2D eigenvalue weighted by Gasteiger charge is 2.01. The van der Waals surface area contributed by atoms with Crippen molar-refractivity contribution < 1.29 is 0 Å². The smallest absolute Gasteiger partial charge is 0.0570 e. The molecule has 0 aliphatic carbocycles. The molecule has 1 heterocycles. The number of nitrogens with zero attached hydrogens (tertiary/aromatic N) is 1. The Kier molecular flexibility index (Phi) is 3.00. The summed E-state index contributed by atoms with van der Waals surface area (Å²) in [6, 6.07) is 4.34. The first-order valence-electron chi connectivity index (χ1n) is 4.03. The van der Waals surface area contributed by atoms with E-state index in [0.717, 1.165) is 11.3 Å². The first-order chi connectivity index (χ1) is 5.77. The quantitative estimate of drug-likeness (QED) is 0.735. The van der Waals surface area contributed by atoms with E-state index in [-0.39, 0.29) is 0 Å².